The number of carbonyl (C=O) groups excluding carboxylic acids is 1. The molecule has 1 heterocycles. The lowest BCUT2D eigenvalue weighted by Gasteiger charge is -2.12. The number of aryl methyl sites for hydroxylation is 1. The van der Waals surface area contributed by atoms with E-state index in [1.165, 1.54) is 10.4 Å². The highest BCUT2D eigenvalue weighted by molar-refractivity contribution is 7.10. The molecule has 0 unspecified atom stereocenters. The summed E-state index contributed by atoms with van der Waals surface area (Å²) in [4.78, 5) is 17.3. The highest BCUT2D eigenvalue weighted by atomic mass is 32.1. The molecule has 0 bridgehead atoms. The van der Waals surface area contributed by atoms with E-state index < -0.39 is 0 Å². The number of amides is 1. The first-order valence-corrected chi connectivity index (χ1v) is 9.25. The van der Waals surface area contributed by atoms with Crippen LogP contribution in [0.3, 0.4) is 0 Å². The smallest absolute Gasteiger partial charge is 0.226 e. The molecule has 0 fully saturated rings. The first-order valence-electron chi connectivity index (χ1n) is 8.37. The zero-order chi connectivity index (χ0) is 18.2. The molecule has 0 spiro atoms. The molecule has 5 nitrogen and oxygen atoms in total. The van der Waals surface area contributed by atoms with Crippen molar-refractivity contribution in [1.82, 2.24) is 10.6 Å². The van der Waals surface area contributed by atoms with E-state index in [9.17, 15) is 4.79 Å². The molecule has 6 heteroatoms. The predicted octanol–water partition coefficient (Wildman–Crippen LogP) is 3.52. The van der Waals surface area contributed by atoms with E-state index in [-0.39, 0.29) is 11.8 Å². The van der Waals surface area contributed by atoms with E-state index in [2.05, 4.69) is 39.3 Å². The Labute approximate surface area is 153 Å². The molecule has 1 aromatic carbocycles. The molecule has 0 radical (unpaired) electrons. The Bertz CT molecular complexity index is 719. The number of nitrogens with zero attached hydrogens (tertiary/aromatic N) is 1. The van der Waals surface area contributed by atoms with Gasteiger partial charge in [0.2, 0.25) is 5.91 Å². The second-order valence-electron chi connectivity index (χ2n) is 6.15. The maximum absolute atomic E-state index is 11.7. The zero-order valence-electron chi connectivity index (χ0n) is 15.2. The fraction of sp³-hybridized carbons (Fsp3) is 0.368. The number of thiophene rings is 1. The summed E-state index contributed by atoms with van der Waals surface area (Å²) < 4.78 is 0. The number of rotatable bonds is 6. The van der Waals surface area contributed by atoms with Crippen molar-refractivity contribution in [3.05, 3.63) is 51.7 Å². The first-order chi connectivity index (χ1) is 12.0. The van der Waals surface area contributed by atoms with Gasteiger partial charge in [0, 0.05) is 30.1 Å². The van der Waals surface area contributed by atoms with Gasteiger partial charge in [-0.3, -0.25) is 9.79 Å². The van der Waals surface area contributed by atoms with Crippen LogP contribution in [0.25, 0.3) is 0 Å². The fourth-order valence-corrected chi connectivity index (χ4v) is 2.99. The maximum Gasteiger partial charge on any atom is 0.226 e. The van der Waals surface area contributed by atoms with Crippen LogP contribution in [-0.4, -0.2) is 18.9 Å². The molecule has 2 aromatic rings. The van der Waals surface area contributed by atoms with E-state index in [1.807, 2.05) is 38.1 Å². The molecule has 2 rings (SSSR count). The lowest BCUT2D eigenvalue weighted by Crippen LogP contribution is -2.36. The van der Waals surface area contributed by atoms with Crippen LogP contribution in [0.5, 0.6) is 0 Å². The average molecular weight is 359 g/mol. The SMILES string of the molecule is CN=C(NCc1ccc(NC(=O)C(C)C)cc1)NCc1sccc1C. The molecule has 25 heavy (non-hydrogen) atoms. The van der Waals surface area contributed by atoms with Gasteiger partial charge in [-0.15, -0.1) is 11.3 Å². The number of nitrogens with one attached hydrogen (secondary N) is 3. The molecule has 0 saturated carbocycles. The molecule has 1 amide bonds. The van der Waals surface area contributed by atoms with Crippen LogP contribution in [0, 0.1) is 12.8 Å². The van der Waals surface area contributed by atoms with Crippen molar-refractivity contribution in [3.8, 4) is 0 Å². The minimum Gasteiger partial charge on any atom is -0.352 e. The molecule has 0 aliphatic heterocycles. The van der Waals surface area contributed by atoms with Crippen LogP contribution < -0.4 is 16.0 Å². The third kappa shape index (κ3) is 5.90. The highest BCUT2D eigenvalue weighted by Crippen LogP contribution is 2.14. The van der Waals surface area contributed by atoms with Crippen molar-refractivity contribution in [2.45, 2.75) is 33.9 Å². The van der Waals surface area contributed by atoms with Crippen molar-refractivity contribution in [3.63, 3.8) is 0 Å². The van der Waals surface area contributed by atoms with E-state index in [1.54, 1.807) is 18.4 Å². The van der Waals surface area contributed by atoms with E-state index in [4.69, 9.17) is 0 Å². The molecule has 0 aliphatic rings. The summed E-state index contributed by atoms with van der Waals surface area (Å²) in [6, 6.07) is 9.96. The topological polar surface area (TPSA) is 65.5 Å². The second kappa shape index (κ2) is 9.22. The Morgan fingerprint density at radius 3 is 2.36 bits per heavy atom. The third-order valence-electron chi connectivity index (χ3n) is 3.81. The normalized spacial score (nSPS) is 11.5. The van der Waals surface area contributed by atoms with Gasteiger partial charge in [0.15, 0.2) is 5.96 Å². The van der Waals surface area contributed by atoms with Crippen molar-refractivity contribution in [2.75, 3.05) is 12.4 Å². The number of carbonyl (C=O) groups is 1. The van der Waals surface area contributed by atoms with Crippen molar-refractivity contribution in [1.29, 1.82) is 0 Å². The Hall–Kier alpha value is -2.34. The monoisotopic (exact) mass is 358 g/mol. The fourth-order valence-electron chi connectivity index (χ4n) is 2.15. The van der Waals surface area contributed by atoms with Gasteiger partial charge in [0.25, 0.3) is 0 Å². The predicted molar refractivity (Wildman–Crippen MR) is 106 cm³/mol. The molecule has 1 aromatic heterocycles. The quantitative estimate of drug-likeness (QED) is 0.547. The van der Waals surface area contributed by atoms with Gasteiger partial charge < -0.3 is 16.0 Å². The van der Waals surface area contributed by atoms with Gasteiger partial charge in [-0.2, -0.15) is 0 Å². The number of benzene rings is 1. The largest absolute Gasteiger partial charge is 0.352 e. The second-order valence-corrected chi connectivity index (χ2v) is 7.15. The Morgan fingerprint density at radius 1 is 1.12 bits per heavy atom. The molecular formula is C19H26N4OS. The Balaban J connectivity index is 1.83. The van der Waals surface area contributed by atoms with E-state index >= 15 is 0 Å². The van der Waals surface area contributed by atoms with Gasteiger partial charge in [-0.1, -0.05) is 26.0 Å². The maximum atomic E-state index is 11.7. The summed E-state index contributed by atoms with van der Waals surface area (Å²) in [7, 11) is 1.77. The lowest BCUT2D eigenvalue weighted by molar-refractivity contribution is -0.118. The number of anilines is 1. The number of guanidine groups is 1. The number of hydrogen-bond donors (Lipinski definition) is 3. The zero-order valence-corrected chi connectivity index (χ0v) is 16.0. The minimum absolute atomic E-state index is 0.0253. The Kier molecular flexibility index (Phi) is 7.01. The van der Waals surface area contributed by atoms with Crippen molar-refractivity contribution >= 4 is 28.9 Å². The summed E-state index contributed by atoms with van der Waals surface area (Å²) in [6.45, 7) is 7.31. The van der Waals surface area contributed by atoms with Crippen LogP contribution >= 0.6 is 11.3 Å². The first kappa shape index (κ1) is 19.0. The average Bonchev–Trinajstić information content (AvgIpc) is 3.01. The van der Waals surface area contributed by atoms with Crippen LogP contribution in [0.15, 0.2) is 40.7 Å². The minimum atomic E-state index is -0.0253. The standard InChI is InChI=1S/C19H26N4OS/c1-13(2)18(24)23-16-7-5-15(6-8-16)11-21-19(20-4)22-12-17-14(3)9-10-25-17/h5-10,13H,11-12H2,1-4H3,(H,23,24)(H2,20,21,22). The van der Waals surface area contributed by atoms with Crippen molar-refractivity contribution < 1.29 is 4.79 Å². The highest BCUT2D eigenvalue weighted by Gasteiger charge is 2.07. The van der Waals surface area contributed by atoms with Gasteiger partial charge >= 0.3 is 0 Å². The van der Waals surface area contributed by atoms with Gasteiger partial charge in [-0.05, 0) is 41.6 Å². The molecule has 0 aliphatic carbocycles. The molecule has 134 valence electrons. The third-order valence-corrected chi connectivity index (χ3v) is 4.84. The molecule has 0 atom stereocenters. The molecular weight excluding hydrogens is 332 g/mol. The van der Waals surface area contributed by atoms with Crippen LogP contribution in [-0.2, 0) is 17.9 Å². The molecule has 0 saturated heterocycles. The number of hydrogen-bond acceptors (Lipinski definition) is 3. The van der Waals surface area contributed by atoms with Crippen molar-refractivity contribution in [2.24, 2.45) is 10.9 Å². The Morgan fingerprint density at radius 2 is 1.80 bits per heavy atom. The van der Waals surface area contributed by atoms with Crippen LogP contribution in [0.2, 0.25) is 0 Å². The lowest BCUT2D eigenvalue weighted by atomic mass is 10.1. The summed E-state index contributed by atoms with van der Waals surface area (Å²) in [6.07, 6.45) is 0. The summed E-state index contributed by atoms with van der Waals surface area (Å²) >= 11 is 1.75. The summed E-state index contributed by atoms with van der Waals surface area (Å²) in [5.74, 6) is 0.770. The summed E-state index contributed by atoms with van der Waals surface area (Å²) in [5, 5.41) is 11.6. The number of aliphatic imine (C=N–C) groups is 1. The van der Waals surface area contributed by atoms with E-state index in [0.29, 0.717) is 6.54 Å². The van der Waals surface area contributed by atoms with Crippen LogP contribution in [0.4, 0.5) is 5.69 Å². The van der Waals surface area contributed by atoms with Gasteiger partial charge in [0.1, 0.15) is 0 Å². The van der Waals surface area contributed by atoms with Gasteiger partial charge in [-0.25, -0.2) is 0 Å². The van der Waals surface area contributed by atoms with Gasteiger partial charge in [0.05, 0.1) is 6.54 Å². The molecule has 3 N–H and O–H groups in total. The van der Waals surface area contributed by atoms with E-state index in [0.717, 1.165) is 23.8 Å². The summed E-state index contributed by atoms with van der Waals surface area (Å²) in [5.41, 5.74) is 3.24. The van der Waals surface area contributed by atoms with Crippen LogP contribution in [0.1, 0.15) is 29.9 Å².